The molecule has 2 atom stereocenters. The van der Waals surface area contributed by atoms with E-state index in [0.29, 0.717) is 23.7 Å². The van der Waals surface area contributed by atoms with Gasteiger partial charge in [-0.3, -0.25) is 9.69 Å². The van der Waals surface area contributed by atoms with E-state index in [9.17, 15) is 13.6 Å². The van der Waals surface area contributed by atoms with Crippen LogP contribution in [0, 0.1) is 11.9 Å². The molecule has 0 bridgehead atoms. The van der Waals surface area contributed by atoms with Crippen molar-refractivity contribution < 1.29 is 18.3 Å². The van der Waals surface area contributed by atoms with E-state index in [4.69, 9.17) is 4.74 Å². The summed E-state index contributed by atoms with van der Waals surface area (Å²) in [5.41, 5.74) is 0. The first-order valence-electron chi connectivity index (χ1n) is 7.85. The number of halogens is 2. The smallest absolute Gasteiger partial charge is 0.230 e. The fraction of sp³-hybridized carbons (Fsp3) is 0.438. The highest BCUT2D eigenvalue weighted by molar-refractivity contribution is 7.15. The molecule has 6 nitrogen and oxygen atoms in total. The number of thiazole rings is 1. The van der Waals surface area contributed by atoms with Crippen molar-refractivity contribution in [1.29, 1.82) is 0 Å². The molecule has 0 spiro atoms. The summed E-state index contributed by atoms with van der Waals surface area (Å²) in [5.74, 6) is -0.883. The minimum Gasteiger partial charge on any atom is -0.487 e. The molecular formula is C16H18F2N4O2S. The van der Waals surface area contributed by atoms with E-state index in [-0.39, 0.29) is 23.2 Å². The Balaban J connectivity index is 1.61. The zero-order chi connectivity index (χ0) is 18.0. The van der Waals surface area contributed by atoms with Crippen LogP contribution >= 0.6 is 11.3 Å². The largest absolute Gasteiger partial charge is 0.487 e. The minimum absolute atomic E-state index is 0.0759. The molecule has 9 heteroatoms. The maximum atomic E-state index is 14.0. The summed E-state index contributed by atoms with van der Waals surface area (Å²) in [6.07, 6.45) is 2.05. The second-order valence-electron chi connectivity index (χ2n) is 5.98. The highest BCUT2D eigenvalue weighted by atomic mass is 32.1. The number of rotatable bonds is 5. The fourth-order valence-electron chi connectivity index (χ4n) is 2.79. The van der Waals surface area contributed by atoms with Gasteiger partial charge in [-0.05, 0) is 19.1 Å². The van der Waals surface area contributed by atoms with Crippen molar-refractivity contribution in [3.05, 3.63) is 35.1 Å². The predicted octanol–water partition coefficient (Wildman–Crippen LogP) is 2.82. The fourth-order valence-corrected chi connectivity index (χ4v) is 3.71. The molecule has 3 heterocycles. The Morgan fingerprint density at radius 2 is 2.28 bits per heavy atom. The van der Waals surface area contributed by atoms with Crippen LogP contribution in [0.15, 0.2) is 18.3 Å². The predicted molar refractivity (Wildman–Crippen MR) is 89.5 cm³/mol. The van der Waals surface area contributed by atoms with Gasteiger partial charge in [-0.25, -0.2) is 4.98 Å². The van der Waals surface area contributed by atoms with E-state index in [1.165, 1.54) is 25.3 Å². The van der Waals surface area contributed by atoms with Crippen molar-refractivity contribution in [2.45, 2.75) is 39.0 Å². The summed E-state index contributed by atoms with van der Waals surface area (Å²) in [6.45, 7) is 4.41. The first-order valence-corrected chi connectivity index (χ1v) is 8.67. The van der Waals surface area contributed by atoms with Gasteiger partial charge < -0.3 is 10.1 Å². The number of amides is 1. The summed E-state index contributed by atoms with van der Waals surface area (Å²) in [4.78, 5) is 20.9. The minimum atomic E-state index is -0.562. The molecule has 0 saturated carbocycles. The van der Waals surface area contributed by atoms with Crippen molar-refractivity contribution >= 4 is 22.4 Å². The van der Waals surface area contributed by atoms with Crippen LogP contribution in [0.25, 0.3) is 0 Å². The zero-order valence-electron chi connectivity index (χ0n) is 13.8. The van der Waals surface area contributed by atoms with Gasteiger partial charge in [0, 0.05) is 32.5 Å². The normalized spacial score (nSPS) is 20.6. The molecule has 1 fully saturated rings. The van der Waals surface area contributed by atoms with Gasteiger partial charge in [0.05, 0.1) is 11.1 Å². The van der Waals surface area contributed by atoms with Gasteiger partial charge in [0.2, 0.25) is 17.8 Å². The number of nitrogens with zero attached hydrogens (tertiary/aromatic N) is 3. The Morgan fingerprint density at radius 3 is 2.96 bits per heavy atom. The molecule has 0 aliphatic carbocycles. The second kappa shape index (κ2) is 7.40. The van der Waals surface area contributed by atoms with Crippen molar-refractivity contribution in [2.24, 2.45) is 0 Å². The van der Waals surface area contributed by atoms with Gasteiger partial charge in [-0.2, -0.15) is 13.8 Å². The third-order valence-corrected chi connectivity index (χ3v) is 4.88. The van der Waals surface area contributed by atoms with Crippen LogP contribution < -0.4 is 10.1 Å². The van der Waals surface area contributed by atoms with E-state index in [1.807, 2.05) is 6.92 Å². The number of nitrogens with one attached hydrogen (secondary N) is 1. The number of anilines is 1. The number of carbonyl (C=O) groups is 1. The van der Waals surface area contributed by atoms with Gasteiger partial charge in [0.15, 0.2) is 5.13 Å². The summed E-state index contributed by atoms with van der Waals surface area (Å²) in [6, 6.07) is 2.99. The van der Waals surface area contributed by atoms with Gasteiger partial charge in [-0.15, -0.1) is 0 Å². The quantitative estimate of drug-likeness (QED) is 0.822. The number of ether oxygens (including phenoxy) is 1. The third kappa shape index (κ3) is 4.49. The lowest BCUT2D eigenvalue weighted by Gasteiger charge is -2.19. The van der Waals surface area contributed by atoms with Crippen molar-refractivity contribution in [2.75, 3.05) is 11.9 Å². The molecule has 25 heavy (non-hydrogen) atoms. The van der Waals surface area contributed by atoms with E-state index < -0.39 is 11.9 Å². The van der Waals surface area contributed by atoms with Crippen molar-refractivity contribution in [3.8, 4) is 5.75 Å². The van der Waals surface area contributed by atoms with Crippen LogP contribution in [-0.4, -0.2) is 39.5 Å². The maximum Gasteiger partial charge on any atom is 0.230 e. The Bertz CT molecular complexity index is 753. The second-order valence-corrected chi connectivity index (χ2v) is 7.07. The average molecular weight is 368 g/mol. The Morgan fingerprint density at radius 1 is 1.48 bits per heavy atom. The Labute approximate surface area is 147 Å². The van der Waals surface area contributed by atoms with E-state index in [0.717, 1.165) is 17.8 Å². The van der Waals surface area contributed by atoms with Crippen molar-refractivity contribution in [3.63, 3.8) is 0 Å². The number of carbonyl (C=O) groups excluding carboxylic acids is 1. The molecule has 1 amide bonds. The monoisotopic (exact) mass is 368 g/mol. The molecule has 1 unspecified atom stereocenters. The van der Waals surface area contributed by atoms with Crippen LogP contribution in [0.2, 0.25) is 0 Å². The molecule has 3 rings (SSSR count). The van der Waals surface area contributed by atoms with Crippen molar-refractivity contribution in [1.82, 2.24) is 14.9 Å². The van der Waals surface area contributed by atoms with Gasteiger partial charge in [-0.1, -0.05) is 11.3 Å². The lowest BCUT2D eigenvalue weighted by molar-refractivity contribution is -0.114. The molecule has 1 N–H and O–H groups in total. The number of hydrogen-bond donors (Lipinski definition) is 1. The highest BCUT2D eigenvalue weighted by Gasteiger charge is 2.31. The summed E-state index contributed by atoms with van der Waals surface area (Å²) in [5, 5.41) is 2.76. The highest BCUT2D eigenvalue weighted by Crippen LogP contribution is 2.28. The molecular weight excluding hydrogens is 350 g/mol. The summed E-state index contributed by atoms with van der Waals surface area (Å²) in [7, 11) is 0. The number of hydrogen-bond acceptors (Lipinski definition) is 6. The first kappa shape index (κ1) is 17.7. The van der Waals surface area contributed by atoms with E-state index in [2.05, 4.69) is 20.2 Å². The summed E-state index contributed by atoms with van der Waals surface area (Å²) >= 11 is 1.13. The number of aromatic nitrogens is 2. The lowest BCUT2D eigenvalue weighted by Crippen LogP contribution is -2.28. The van der Waals surface area contributed by atoms with Gasteiger partial charge in [0.25, 0.3) is 0 Å². The molecule has 134 valence electrons. The maximum absolute atomic E-state index is 14.0. The van der Waals surface area contributed by atoms with Crippen LogP contribution in [0.3, 0.4) is 0 Å². The molecule has 0 radical (unpaired) electrons. The molecule has 2 aromatic rings. The van der Waals surface area contributed by atoms with E-state index in [1.54, 1.807) is 0 Å². The Kier molecular flexibility index (Phi) is 5.24. The topological polar surface area (TPSA) is 67.4 Å². The van der Waals surface area contributed by atoms with Crippen LogP contribution in [0.5, 0.6) is 5.75 Å². The third-order valence-electron chi connectivity index (χ3n) is 3.95. The Hall–Kier alpha value is -2.13. The SMILES string of the molecule is CC(=O)Nc1nc(F)c(CN2CC(Oc3ccc(F)nc3)C[C@@H]2C)s1. The first-order chi connectivity index (χ1) is 11.9. The molecule has 1 aliphatic heterocycles. The molecule has 1 saturated heterocycles. The number of pyridine rings is 1. The average Bonchev–Trinajstić information content (AvgIpc) is 3.04. The zero-order valence-corrected chi connectivity index (χ0v) is 14.6. The van der Waals surface area contributed by atoms with Crippen LogP contribution in [0.1, 0.15) is 25.1 Å². The molecule has 0 aromatic carbocycles. The standard InChI is InChI=1S/C16H18F2N4O2S/c1-9-5-12(24-11-3-4-14(17)19-6-11)7-22(9)8-13-15(18)21-16(25-13)20-10(2)23/h3-4,6,9,12H,5,7-8H2,1-2H3,(H,20,21,23)/t9-,12?/m0/s1. The van der Waals surface area contributed by atoms with Gasteiger partial charge in [0.1, 0.15) is 11.9 Å². The lowest BCUT2D eigenvalue weighted by atomic mass is 10.2. The molecule has 2 aromatic heterocycles. The summed E-state index contributed by atoms with van der Waals surface area (Å²) < 4.78 is 32.6. The van der Waals surface area contributed by atoms with Gasteiger partial charge >= 0.3 is 0 Å². The van der Waals surface area contributed by atoms with Crippen LogP contribution in [0.4, 0.5) is 13.9 Å². The van der Waals surface area contributed by atoms with E-state index >= 15 is 0 Å². The molecule has 1 aliphatic rings. The number of likely N-dealkylation sites (tertiary alicyclic amines) is 1. The van der Waals surface area contributed by atoms with Crippen LogP contribution in [-0.2, 0) is 11.3 Å².